The fourth-order valence-electron chi connectivity index (χ4n) is 3.21. The maximum Gasteiger partial charge on any atom is 0.0447 e. The van der Waals surface area contributed by atoms with Crippen LogP contribution in [0.25, 0.3) is 0 Å². The van der Waals surface area contributed by atoms with Crippen molar-refractivity contribution in [1.29, 1.82) is 0 Å². The molecule has 0 saturated heterocycles. The van der Waals surface area contributed by atoms with Gasteiger partial charge in [0.15, 0.2) is 0 Å². The quantitative estimate of drug-likeness (QED) is 0.856. The molecule has 18 heavy (non-hydrogen) atoms. The summed E-state index contributed by atoms with van der Waals surface area (Å²) in [5.41, 5.74) is 1.22. The summed E-state index contributed by atoms with van der Waals surface area (Å²) in [6, 6.07) is 6.79. The minimum Gasteiger partial charge on any atom is -0.316 e. The fraction of sp³-hybridized carbons (Fsp3) is 0.688. The summed E-state index contributed by atoms with van der Waals surface area (Å²) in [6.07, 6.45) is 10.3. The Labute approximate surface area is 111 Å². The van der Waals surface area contributed by atoms with E-state index in [9.17, 15) is 0 Å². The van der Waals surface area contributed by atoms with E-state index in [0.29, 0.717) is 12.0 Å². The third-order valence-electron chi connectivity index (χ3n) is 4.44. The summed E-state index contributed by atoms with van der Waals surface area (Å²) in [4.78, 5) is 4.50. The van der Waals surface area contributed by atoms with Crippen LogP contribution in [0.4, 0.5) is 0 Å². The van der Waals surface area contributed by atoms with Crippen molar-refractivity contribution in [2.24, 2.45) is 5.92 Å². The average molecular weight is 246 g/mol. The zero-order chi connectivity index (χ0) is 12.8. The molecule has 1 saturated carbocycles. The molecule has 1 N–H and O–H groups in total. The van der Waals surface area contributed by atoms with Crippen molar-refractivity contribution in [3.8, 4) is 0 Å². The number of hydrogen-bond acceptors (Lipinski definition) is 2. The standard InChI is InChI=1S/C16H26N2/c1-13(15-10-6-7-11-18-15)16(17-2)12-14-8-4-3-5-9-14/h6-7,10-11,13-14,16-17H,3-5,8-9,12H2,1-2H3. The van der Waals surface area contributed by atoms with E-state index in [2.05, 4.69) is 36.4 Å². The molecule has 0 amide bonds. The summed E-state index contributed by atoms with van der Waals surface area (Å²) in [7, 11) is 2.09. The highest BCUT2D eigenvalue weighted by Gasteiger charge is 2.23. The topological polar surface area (TPSA) is 24.9 Å². The minimum atomic E-state index is 0.498. The van der Waals surface area contributed by atoms with Crippen LogP contribution in [-0.2, 0) is 0 Å². The number of rotatable bonds is 5. The van der Waals surface area contributed by atoms with E-state index >= 15 is 0 Å². The van der Waals surface area contributed by atoms with Gasteiger partial charge in [-0.15, -0.1) is 0 Å². The zero-order valence-corrected chi connectivity index (χ0v) is 11.7. The van der Waals surface area contributed by atoms with Gasteiger partial charge in [0.25, 0.3) is 0 Å². The second kappa shape index (κ2) is 6.89. The van der Waals surface area contributed by atoms with Gasteiger partial charge in [0.1, 0.15) is 0 Å². The lowest BCUT2D eigenvalue weighted by atomic mass is 9.81. The molecule has 1 aliphatic carbocycles. The van der Waals surface area contributed by atoms with Gasteiger partial charge in [0, 0.05) is 23.9 Å². The first-order valence-corrected chi connectivity index (χ1v) is 7.39. The molecule has 0 spiro atoms. The Morgan fingerprint density at radius 2 is 2.06 bits per heavy atom. The first kappa shape index (κ1) is 13.5. The maximum absolute atomic E-state index is 4.50. The molecule has 2 heteroatoms. The van der Waals surface area contributed by atoms with Crippen molar-refractivity contribution in [2.75, 3.05) is 7.05 Å². The van der Waals surface area contributed by atoms with E-state index in [4.69, 9.17) is 0 Å². The van der Waals surface area contributed by atoms with Crippen molar-refractivity contribution in [1.82, 2.24) is 10.3 Å². The zero-order valence-electron chi connectivity index (χ0n) is 11.7. The second-order valence-electron chi connectivity index (χ2n) is 5.68. The van der Waals surface area contributed by atoms with Gasteiger partial charge in [-0.1, -0.05) is 45.1 Å². The van der Waals surface area contributed by atoms with Crippen molar-refractivity contribution in [3.05, 3.63) is 30.1 Å². The molecule has 0 radical (unpaired) electrons. The average Bonchev–Trinajstić information content (AvgIpc) is 2.46. The van der Waals surface area contributed by atoms with Crippen LogP contribution in [0.5, 0.6) is 0 Å². The smallest absolute Gasteiger partial charge is 0.0447 e. The monoisotopic (exact) mass is 246 g/mol. The summed E-state index contributed by atoms with van der Waals surface area (Å²) < 4.78 is 0. The number of aromatic nitrogens is 1. The lowest BCUT2D eigenvalue weighted by Gasteiger charge is -2.29. The van der Waals surface area contributed by atoms with Gasteiger partial charge in [-0.05, 0) is 31.5 Å². The maximum atomic E-state index is 4.50. The van der Waals surface area contributed by atoms with E-state index in [-0.39, 0.29) is 0 Å². The van der Waals surface area contributed by atoms with Crippen LogP contribution in [0.15, 0.2) is 24.4 Å². The summed E-state index contributed by atoms with van der Waals surface area (Å²) in [6.45, 7) is 2.30. The van der Waals surface area contributed by atoms with Gasteiger partial charge in [0.2, 0.25) is 0 Å². The SMILES string of the molecule is CNC(CC1CCCCC1)C(C)c1ccccn1. The van der Waals surface area contributed by atoms with Gasteiger partial charge in [0.05, 0.1) is 0 Å². The van der Waals surface area contributed by atoms with Crippen LogP contribution < -0.4 is 5.32 Å². The second-order valence-corrected chi connectivity index (χ2v) is 5.68. The molecule has 1 aromatic heterocycles. The van der Waals surface area contributed by atoms with E-state index in [0.717, 1.165) is 5.92 Å². The Kier molecular flexibility index (Phi) is 5.18. The molecule has 1 fully saturated rings. The number of nitrogens with zero attached hydrogens (tertiary/aromatic N) is 1. The Morgan fingerprint density at radius 3 is 2.67 bits per heavy atom. The van der Waals surface area contributed by atoms with Crippen molar-refractivity contribution < 1.29 is 0 Å². The van der Waals surface area contributed by atoms with E-state index in [1.165, 1.54) is 44.2 Å². The van der Waals surface area contributed by atoms with Crippen molar-refractivity contribution in [2.45, 2.75) is 57.4 Å². The Hall–Kier alpha value is -0.890. The van der Waals surface area contributed by atoms with Gasteiger partial charge >= 0.3 is 0 Å². The van der Waals surface area contributed by atoms with Crippen LogP contribution in [0.2, 0.25) is 0 Å². The van der Waals surface area contributed by atoms with E-state index in [1.54, 1.807) is 0 Å². The largest absolute Gasteiger partial charge is 0.316 e. The molecule has 2 nitrogen and oxygen atoms in total. The van der Waals surface area contributed by atoms with Crippen LogP contribution in [0.3, 0.4) is 0 Å². The molecular weight excluding hydrogens is 220 g/mol. The summed E-state index contributed by atoms with van der Waals surface area (Å²) >= 11 is 0. The number of likely N-dealkylation sites (N-methyl/N-ethyl adjacent to an activating group) is 1. The van der Waals surface area contributed by atoms with Gasteiger partial charge in [-0.2, -0.15) is 0 Å². The third kappa shape index (κ3) is 3.55. The van der Waals surface area contributed by atoms with Crippen molar-refractivity contribution in [3.63, 3.8) is 0 Å². The van der Waals surface area contributed by atoms with Gasteiger partial charge < -0.3 is 5.32 Å². The highest BCUT2D eigenvalue weighted by molar-refractivity contribution is 5.11. The molecule has 2 unspecified atom stereocenters. The Morgan fingerprint density at radius 1 is 1.28 bits per heavy atom. The Balaban J connectivity index is 1.95. The van der Waals surface area contributed by atoms with Crippen LogP contribution in [0.1, 0.15) is 57.1 Å². The van der Waals surface area contributed by atoms with Crippen LogP contribution in [0, 0.1) is 5.92 Å². The molecule has 100 valence electrons. The van der Waals surface area contributed by atoms with Crippen molar-refractivity contribution >= 4 is 0 Å². The summed E-state index contributed by atoms with van der Waals surface area (Å²) in [5, 5.41) is 3.51. The molecule has 1 heterocycles. The normalized spacial score (nSPS) is 20.6. The van der Waals surface area contributed by atoms with Gasteiger partial charge in [-0.25, -0.2) is 0 Å². The first-order valence-electron chi connectivity index (χ1n) is 7.39. The lowest BCUT2D eigenvalue weighted by Crippen LogP contribution is -2.33. The molecule has 2 rings (SSSR count). The highest BCUT2D eigenvalue weighted by atomic mass is 14.9. The molecule has 0 bridgehead atoms. The lowest BCUT2D eigenvalue weighted by molar-refractivity contribution is 0.288. The fourth-order valence-corrected chi connectivity index (χ4v) is 3.21. The predicted molar refractivity (Wildman–Crippen MR) is 76.7 cm³/mol. The number of nitrogens with one attached hydrogen (secondary N) is 1. The van der Waals surface area contributed by atoms with E-state index in [1.807, 2.05) is 12.3 Å². The van der Waals surface area contributed by atoms with E-state index < -0.39 is 0 Å². The number of hydrogen-bond donors (Lipinski definition) is 1. The Bertz CT molecular complexity index is 330. The highest BCUT2D eigenvalue weighted by Crippen LogP contribution is 2.30. The van der Waals surface area contributed by atoms with Gasteiger partial charge in [-0.3, -0.25) is 4.98 Å². The molecule has 1 aliphatic rings. The summed E-state index contributed by atoms with van der Waals surface area (Å²) in [5.74, 6) is 1.42. The number of pyridine rings is 1. The first-order chi connectivity index (χ1) is 8.81. The molecule has 1 aromatic rings. The van der Waals surface area contributed by atoms with Crippen LogP contribution >= 0.6 is 0 Å². The third-order valence-corrected chi connectivity index (χ3v) is 4.44. The predicted octanol–water partition coefficient (Wildman–Crippen LogP) is 3.74. The molecular formula is C16H26N2. The molecule has 2 atom stereocenters. The molecule has 0 aliphatic heterocycles. The van der Waals surface area contributed by atoms with Crippen LogP contribution in [-0.4, -0.2) is 18.1 Å². The molecule has 0 aromatic carbocycles. The minimum absolute atomic E-state index is 0.498.